The summed E-state index contributed by atoms with van der Waals surface area (Å²) in [6.45, 7) is 2.40. The van der Waals surface area contributed by atoms with E-state index in [1.807, 2.05) is 18.3 Å². The van der Waals surface area contributed by atoms with Gasteiger partial charge in [0.2, 0.25) is 0 Å². The lowest BCUT2D eigenvalue weighted by Gasteiger charge is -2.25. The first-order chi connectivity index (χ1) is 12.7. The molecule has 1 aliphatic rings. The van der Waals surface area contributed by atoms with Crippen LogP contribution in [0.2, 0.25) is 0 Å². The number of aliphatic hydroxyl groups is 1. The van der Waals surface area contributed by atoms with E-state index in [1.54, 1.807) is 12.1 Å². The summed E-state index contributed by atoms with van der Waals surface area (Å²) >= 11 is 0. The van der Waals surface area contributed by atoms with E-state index in [4.69, 9.17) is 11.2 Å². The van der Waals surface area contributed by atoms with Crippen LogP contribution in [-0.4, -0.2) is 46.5 Å². The fourth-order valence-electron chi connectivity index (χ4n) is 3.15. The number of aliphatic hydroxyl groups excluding tert-OH is 1. The van der Waals surface area contributed by atoms with E-state index in [9.17, 15) is 9.50 Å². The molecule has 0 amide bonds. The number of ether oxygens (including phenoxy) is 1. The Labute approximate surface area is 154 Å². The van der Waals surface area contributed by atoms with Crippen molar-refractivity contribution in [3.63, 3.8) is 0 Å². The Kier molecular flexibility index (Phi) is 6.45. The SMILES string of the molecule is C#CCOCC(O)CN(Cc1cccn1Cc1cccc(F)c1)C1CC1. The van der Waals surface area contributed by atoms with Crippen LogP contribution in [0.4, 0.5) is 4.39 Å². The largest absolute Gasteiger partial charge is 0.389 e. The molecule has 2 aromatic rings. The molecule has 1 saturated carbocycles. The zero-order chi connectivity index (χ0) is 18.4. The van der Waals surface area contributed by atoms with E-state index in [1.165, 1.54) is 6.07 Å². The van der Waals surface area contributed by atoms with Crippen LogP contribution in [0.15, 0.2) is 42.6 Å². The number of halogens is 1. The van der Waals surface area contributed by atoms with Crippen molar-refractivity contribution in [1.82, 2.24) is 9.47 Å². The highest BCUT2D eigenvalue weighted by Crippen LogP contribution is 2.28. The van der Waals surface area contributed by atoms with Gasteiger partial charge in [0.1, 0.15) is 12.4 Å². The molecule has 1 unspecified atom stereocenters. The van der Waals surface area contributed by atoms with Crippen molar-refractivity contribution >= 4 is 0 Å². The minimum Gasteiger partial charge on any atom is -0.389 e. The second kappa shape index (κ2) is 9.00. The van der Waals surface area contributed by atoms with Crippen LogP contribution in [0.3, 0.4) is 0 Å². The Balaban J connectivity index is 1.61. The third-order valence-electron chi connectivity index (χ3n) is 4.53. The van der Waals surface area contributed by atoms with Gasteiger partial charge in [-0.05, 0) is 42.7 Å². The molecule has 1 aliphatic carbocycles. The highest BCUT2D eigenvalue weighted by Gasteiger charge is 2.30. The van der Waals surface area contributed by atoms with Crippen LogP contribution < -0.4 is 0 Å². The average molecular weight is 356 g/mol. The lowest BCUT2D eigenvalue weighted by molar-refractivity contribution is 0.0238. The maximum Gasteiger partial charge on any atom is 0.123 e. The standard InChI is InChI=1S/C21H25FN2O2/c1-2-11-26-16-21(25)15-24(19-8-9-19)14-20-7-4-10-23(20)13-17-5-3-6-18(22)12-17/h1,3-7,10,12,19,21,25H,8-9,11,13-16H2. The maximum atomic E-state index is 13.4. The molecule has 0 aliphatic heterocycles. The van der Waals surface area contributed by atoms with Crippen molar-refractivity contribution in [1.29, 1.82) is 0 Å². The topological polar surface area (TPSA) is 37.6 Å². The van der Waals surface area contributed by atoms with Gasteiger partial charge in [0.05, 0.1) is 12.7 Å². The van der Waals surface area contributed by atoms with Gasteiger partial charge in [0.25, 0.3) is 0 Å². The number of terminal acetylenes is 1. The fraction of sp³-hybridized carbons (Fsp3) is 0.429. The maximum absolute atomic E-state index is 13.4. The van der Waals surface area contributed by atoms with Crippen molar-refractivity contribution in [3.8, 4) is 12.3 Å². The zero-order valence-corrected chi connectivity index (χ0v) is 14.9. The summed E-state index contributed by atoms with van der Waals surface area (Å²) in [5.74, 6) is 2.19. The molecule has 138 valence electrons. The van der Waals surface area contributed by atoms with Gasteiger partial charge < -0.3 is 14.4 Å². The fourth-order valence-corrected chi connectivity index (χ4v) is 3.15. The van der Waals surface area contributed by atoms with Crippen LogP contribution in [0.25, 0.3) is 0 Å². The lowest BCUT2D eigenvalue weighted by atomic mass is 10.2. The van der Waals surface area contributed by atoms with Gasteiger partial charge in [-0.15, -0.1) is 6.42 Å². The van der Waals surface area contributed by atoms with E-state index >= 15 is 0 Å². The first-order valence-corrected chi connectivity index (χ1v) is 8.97. The Morgan fingerprint density at radius 1 is 1.35 bits per heavy atom. The van der Waals surface area contributed by atoms with E-state index in [2.05, 4.69) is 21.5 Å². The van der Waals surface area contributed by atoms with Crippen molar-refractivity contribution in [3.05, 3.63) is 59.7 Å². The molecule has 0 radical (unpaired) electrons. The van der Waals surface area contributed by atoms with E-state index < -0.39 is 6.10 Å². The van der Waals surface area contributed by atoms with Gasteiger partial charge in [0.15, 0.2) is 0 Å². The molecule has 0 bridgehead atoms. The molecule has 1 fully saturated rings. The molecule has 5 heteroatoms. The average Bonchev–Trinajstić information content (AvgIpc) is 3.37. The summed E-state index contributed by atoms with van der Waals surface area (Å²) < 4.78 is 20.8. The second-order valence-corrected chi connectivity index (χ2v) is 6.79. The van der Waals surface area contributed by atoms with Crippen molar-refractivity contribution in [2.24, 2.45) is 0 Å². The molecule has 1 atom stereocenters. The van der Waals surface area contributed by atoms with Crippen molar-refractivity contribution < 1.29 is 14.2 Å². The van der Waals surface area contributed by atoms with Gasteiger partial charge in [-0.1, -0.05) is 18.1 Å². The highest BCUT2D eigenvalue weighted by atomic mass is 19.1. The molecule has 4 nitrogen and oxygen atoms in total. The summed E-state index contributed by atoms with van der Waals surface area (Å²) in [5, 5.41) is 10.2. The molecular weight excluding hydrogens is 331 g/mol. The highest BCUT2D eigenvalue weighted by molar-refractivity contribution is 5.19. The van der Waals surface area contributed by atoms with E-state index in [0.717, 1.165) is 30.6 Å². The number of hydrogen-bond donors (Lipinski definition) is 1. The summed E-state index contributed by atoms with van der Waals surface area (Å²) in [6.07, 6.45) is 8.92. The molecule has 1 N–H and O–H groups in total. The zero-order valence-electron chi connectivity index (χ0n) is 14.9. The van der Waals surface area contributed by atoms with Crippen LogP contribution in [0.5, 0.6) is 0 Å². The minimum absolute atomic E-state index is 0.217. The van der Waals surface area contributed by atoms with E-state index in [-0.39, 0.29) is 19.0 Å². The molecule has 1 aromatic carbocycles. The van der Waals surface area contributed by atoms with E-state index in [0.29, 0.717) is 19.1 Å². The lowest BCUT2D eigenvalue weighted by Crippen LogP contribution is -2.36. The molecular formula is C21H25FN2O2. The van der Waals surface area contributed by atoms with Gasteiger partial charge in [-0.2, -0.15) is 0 Å². The van der Waals surface area contributed by atoms with Crippen molar-refractivity contribution in [2.45, 2.75) is 38.1 Å². The van der Waals surface area contributed by atoms with Crippen LogP contribution >= 0.6 is 0 Å². The monoisotopic (exact) mass is 356 g/mol. The smallest absolute Gasteiger partial charge is 0.123 e. The Morgan fingerprint density at radius 3 is 2.92 bits per heavy atom. The first kappa shape index (κ1) is 18.7. The van der Waals surface area contributed by atoms with Crippen LogP contribution in [-0.2, 0) is 17.8 Å². The Hall–Kier alpha value is -2.13. The number of rotatable bonds is 10. The third-order valence-corrected chi connectivity index (χ3v) is 4.53. The summed E-state index contributed by atoms with van der Waals surface area (Å²) in [7, 11) is 0. The van der Waals surface area contributed by atoms with Crippen LogP contribution in [0.1, 0.15) is 24.1 Å². The third kappa shape index (κ3) is 5.43. The summed E-state index contributed by atoms with van der Waals surface area (Å²) in [6, 6.07) is 11.3. The Bertz CT molecular complexity index is 748. The summed E-state index contributed by atoms with van der Waals surface area (Å²) in [4.78, 5) is 2.29. The number of hydrogen-bond acceptors (Lipinski definition) is 3. The Morgan fingerprint density at radius 2 is 2.19 bits per heavy atom. The summed E-state index contributed by atoms with van der Waals surface area (Å²) in [5.41, 5.74) is 2.08. The molecule has 26 heavy (non-hydrogen) atoms. The molecule has 3 rings (SSSR count). The first-order valence-electron chi connectivity index (χ1n) is 8.97. The quantitative estimate of drug-likeness (QED) is 0.525. The number of nitrogens with zero attached hydrogens (tertiary/aromatic N) is 2. The second-order valence-electron chi connectivity index (χ2n) is 6.79. The predicted octanol–water partition coefficient (Wildman–Crippen LogP) is 2.65. The molecule has 1 aromatic heterocycles. The van der Waals surface area contributed by atoms with Crippen molar-refractivity contribution in [2.75, 3.05) is 19.8 Å². The normalized spacial score (nSPS) is 15.2. The minimum atomic E-state index is -0.560. The van der Waals surface area contributed by atoms with Gasteiger partial charge in [-0.25, -0.2) is 4.39 Å². The predicted molar refractivity (Wildman–Crippen MR) is 99.0 cm³/mol. The molecule has 0 spiro atoms. The van der Waals surface area contributed by atoms with Crippen LogP contribution in [0, 0.1) is 18.2 Å². The van der Waals surface area contributed by atoms with Gasteiger partial charge in [-0.3, -0.25) is 4.90 Å². The van der Waals surface area contributed by atoms with Gasteiger partial charge >= 0.3 is 0 Å². The number of benzene rings is 1. The van der Waals surface area contributed by atoms with Gasteiger partial charge in [0, 0.05) is 37.6 Å². The number of aromatic nitrogens is 1. The molecule has 1 heterocycles. The molecule has 0 saturated heterocycles.